The van der Waals surface area contributed by atoms with Crippen LogP contribution in [0.15, 0.2) is 24.0 Å². The standard InChI is InChI=1S/C14H16N4OS/c1-10-8-17-11(9-16-10)12(19)18-14(4-2-3-5-14)13-15-6-7-20-13/h6-9H,2-5H2,1H3,(H,18,19). The van der Waals surface area contributed by atoms with Crippen LogP contribution >= 0.6 is 11.3 Å². The fourth-order valence-corrected chi connectivity index (χ4v) is 3.47. The zero-order valence-corrected chi connectivity index (χ0v) is 12.1. The fraction of sp³-hybridized carbons (Fsp3) is 0.429. The van der Waals surface area contributed by atoms with Gasteiger partial charge in [0.1, 0.15) is 10.7 Å². The van der Waals surface area contributed by atoms with Crippen LogP contribution in [0.2, 0.25) is 0 Å². The Hall–Kier alpha value is -1.82. The molecule has 1 aliphatic carbocycles. The minimum Gasteiger partial charge on any atom is -0.339 e. The van der Waals surface area contributed by atoms with Crippen LogP contribution in [0.3, 0.4) is 0 Å². The van der Waals surface area contributed by atoms with Crippen LogP contribution in [-0.2, 0) is 5.54 Å². The van der Waals surface area contributed by atoms with E-state index in [1.165, 1.54) is 6.20 Å². The zero-order chi connectivity index (χ0) is 14.0. The van der Waals surface area contributed by atoms with E-state index < -0.39 is 0 Å². The lowest BCUT2D eigenvalue weighted by Gasteiger charge is -2.27. The highest BCUT2D eigenvalue weighted by Crippen LogP contribution is 2.39. The fourth-order valence-electron chi connectivity index (χ4n) is 2.62. The Morgan fingerprint density at radius 3 is 2.65 bits per heavy atom. The van der Waals surface area contributed by atoms with Gasteiger partial charge in [0.05, 0.1) is 17.4 Å². The Bertz CT molecular complexity index is 588. The summed E-state index contributed by atoms with van der Waals surface area (Å²) < 4.78 is 0. The molecule has 5 nitrogen and oxygen atoms in total. The molecule has 2 heterocycles. The number of nitrogens with one attached hydrogen (secondary N) is 1. The number of thiazole rings is 1. The predicted molar refractivity (Wildman–Crippen MR) is 76.5 cm³/mol. The molecule has 0 bridgehead atoms. The maximum absolute atomic E-state index is 12.4. The summed E-state index contributed by atoms with van der Waals surface area (Å²) in [7, 11) is 0. The highest BCUT2D eigenvalue weighted by Gasteiger charge is 2.39. The Morgan fingerprint density at radius 1 is 1.25 bits per heavy atom. The van der Waals surface area contributed by atoms with E-state index in [2.05, 4.69) is 20.3 Å². The van der Waals surface area contributed by atoms with E-state index in [0.717, 1.165) is 36.4 Å². The second-order valence-corrected chi connectivity index (χ2v) is 6.02. The van der Waals surface area contributed by atoms with Crippen LogP contribution in [0.5, 0.6) is 0 Å². The number of aromatic nitrogens is 3. The van der Waals surface area contributed by atoms with Gasteiger partial charge in [-0.15, -0.1) is 11.3 Å². The SMILES string of the molecule is Cc1cnc(C(=O)NC2(c3nccs3)CCCC2)cn1. The highest BCUT2D eigenvalue weighted by atomic mass is 32.1. The second-order valence-electron chi connectivity index (χ2n) is 5.12. The number of rotatable bonds is 3. The average Bonchev–Trinajstić information content (AvgIpc) is 3.10. The van der Waals surface area contributed by atoms with Gasteiger partial charge in [0.25, 0.3) is 5.91 Å². The minimum atomic E-state index is -0.322. The molecule has 2 aromatic rings. The van der Waals surface area contributed by atoms with E-state index in [4.69, 9.17) is 0 Å². The zero-order valence-electron chi connectivity index (χ0n) is 11.3. The number of carbonyl (C=O) groups is 1. The lowest BCUT2D eigenvalue weighted by molar-refractivity contribution is 0.0892. The predicted octanol–water partition coefficient (Wildman–Crippen LogP) is 2.44. The van der Waals surface area contributed by atoms with Crippen LogP contribution < -0.4 is 5.32 Å². The molecular formula is C14H16N4OS. The summed E-state index contributed by atoms with van der Waals surface area (Å²) in [5.74, 6) is -0.172. The first-order valence-electron chi connectivity index (χ1n) is 6.71. The van der Waals surface area contributed by atoms with Gasteiger partial charge in [0.2, 0.25) is 0 Å². The molecule has 0 saturated heterocycles. The third-order valence-corrected chi connectivity index (χ3v) is 4.64. The first kappa shape index (κ1) is 13.2. The summed E-state index contributed by atoms with van der Waals surface area (Å²) in [6, 6.07) is 0. The molecule has 20 heavy (non-hydrogen) atoms. The number of hydrogen-bond donors (Lipinski definition) is 1. The van der Waals surface area contributed by atoms with Crippen LogP contribution in [0.1, 0.15) is 46.9 Å². The lowest BCUT2D eigenvalue weighted by atomic mass is 9.98. The molecule has 104 valence electrons. The molecule has 1 fully saturated rings. The van der Waals surface area contributed by atoms with Gasteiger partial charge < -0.3 is 5.32 Å². The first-order chi connectivity index (χ1) is 9.70. The maximum Gasteiger partial charge on any atom is 0.272 e. The van der Waals surface area contributed by atoms with Gasteiger partial charge >= 0.3 is 0 Å². The molecule has 0 aromatic carbocycles. The molecule has 1 saturated carbocycles. The van der Waals surface area contributed by atoms with Crippen molar-refractivity contribution < 1.29 is 4.79 Å². The normalized spacial score (nSPS) is 17.1. The number of aryl methyl sites for hydroxylation is 1. The van der Waals surface area contributed by atoms with Crippen LogP contribution in [-0.4, -0.2) is 20.9 Å². The Kier molecular flexibility index (Phi) is 3.48. The molecule has 1 amide bonds. The van der Waals surface area contributed by atoms with Gasteiger partial charge in [0, 0.05) is 17.8 Å². The maximum atomic E-state index is 12.4. The van der Waals surface area contributed by atoms with Crippen molar-refractivity contribution in [3.8, 4) is 0 Å². The van der Waals surface area contributed by atoms with Crippen molar-refractivity contribution in [1.82, 2.24) is 20.3 Å². The van der Waals surface area contributed by atoms with Gasteiger partial charge in [-0.1, -0.05) is 12.8 Å². The number of amides is 1. The third kappa shape index (κ3) is 2.43. The van der Waals surface area contributed by atoms with E-state index in [9.17, 15) is 4.79 Å². The molecule has 0 atom stereocenters. The van der Waals surface area contributed by atoms with Crippen molar-refractivity contribution >= 4 is 17.2 Å². The largest absolute Gasteiger partial charge is 0.339 e. The quantitative estimate of drug-likeness (QED) is 0.942. The molecule has 0 unspecified atom stereocenters. The molecular weight excluding hydrogens is 272 g/mol. The summed E-state index contributed by atoms with van der Waals surface area (Å²) in [5.41, 5.74) is 0.841. The van der Waals surface area contributed by atoms with Gasteiger partial charge in [-0.2, -0.15) is 0 Å². The van der Waals surface area contributed by atoms with Gasteiger partial charge in [0.15, 0.2) is 0 Å². The third-order valence-electron chi connectivity index (χ3n) is 3.67. The molecule has 0 spiro atoms. The van der Waals surface area contributed by atoms with Crippen LogP contribution in [0.4, 0.5) is 0 Å². The molecule has 3 rings (SSSR count). The Balaban J connectivity index is 1.84. The van der Waals surface area contributed by atoms with Gasteiger partial charge in [-0.25, -0.2) is 9.97 Å². The minimum absolute atomic E-state index is 0.172. The summed E-state index contributed by atoms with van der Waals surface area (Å²) in [4.78, 5) is 25.0. The first-order valence-corrected chi connectivity index (χ1v) is 7.59. The van der Waals surface area contributed by atoms with Gasteiger partial charge in [-0.05, 0) is 19.8 Å². The summed E-state index contributed by atoms with van der Waals surface area (Å²) in [5, 5.41) is 6.08. The summed E-state index contributed by atoms with van der Waals surface area (Å²) in [6.07, 6.45) is 9.02. The smallest absolute Gasteiger partial charge is 0.272 e. The van der Waals surface area contributed by atoms with Crippen molar-refractivity contribution in [2.45, 2.75) is 38.1 Å². The number of carbonyl (C=O) groups excluding carboxylic acids is 1. The van der Waals surface area contributed by atoms with Crippen molar-refractivity contribution in [2.75, 3.05) is 0 Å². The second kappa shape index (κ2) is 5.28. The molecule has 2 aromatic heterocycles. The monoisotopic (exact) mass is 288 g/mol. The highest BCUT2D eigenvalue weighted by molar-refractivity contribution is 7.09. The van der Waals surface area contributed by atoms with Crippen molar-refractivity contribution in [2.24, 2.45) is 0 Å². The van der Waals surface area contributed by atoms with Crippen molar-refractivity contribution in [3.63, 3.8) is 0 Å². The van der Waals surface area contributed by atoms with E-state index in [1.807, 2.05) is 12.3 Å². The lowest BCUT2D eigenvalue weighted by Crippen LogP contribution is -2.44. The van der Waals surface area contributed by atoms with Gasteiger partial charge in [-0.3, -0.25) is 9.78 Å². The molecule has 6 heteroatoms. The Labute approximate surface area is 121 Å². The number of nitrogens with zero attached hydrogens (tertiary/aromatic N) is 3. The molecule has 1 aliphatic rings. The molecule has 0 radical (unpaired) electrons. The van der Waals surface area contributed by atoms with E-state index in [-0.39, 0.29) is 11.4 Å². The van der Waals surface area contributed by atoms with E-state index >= 15 is 0 Å². The van der Waals surface area contributed by atoms with E-state index in [1.54, 1.807) is 23.7 Å². The molecule has 0 aliphatic heterocycles. The number of hydrogen-bond acceptors (Lipinski definition) is 5. The Morgan fingerprint density at radius 2 is 2.05 bits per heavy atom. The summed E-state index contributed by atoms with van der Waals surface area (Å²) in [6.45, 7) is 1.85. The van der Waals surface area contributed by atoms with Crippen molar-refractivity contribution in [1.29, 1.82) is 0 Å². The van der Waals surface area contributed by atoms with Crippen LogP contribution in [0.25, 0.3) is 0 Å². The summed E-state index contributed by atoms with van der Waals surface area (Å²) >= 11 is 1.60. The topological polar surface area (TPSA) is 67.8 Å². The van der Waals surface area contributed by atoms with E-state index in [0.29, 0.717) is 5.69 Å². The average molecular weight is 288 g/mol. The van der Waals surface area contributed by atoms with Crippen molar-refractivity contribution in [3.05, 3.63) is 40.4 Å². The molecule has 1 N–H and O–H groups in total. The van der Waals surface area contributed by atoms with Crippen LogP contribution in [0, 0.1) is 6.92 Å².